The Labute approximate surface area is 250 Å². The maximum Gasteiger partial charge on any atom is 0.123 e. The van der Waals surface area contributed by atoms with Crippen LogP contribution in [0, 0.1) is 13.8 Å². The highest BCUT2D eigenvalue weighted by molar-refractivity contribution is 9.09. The van der Waals surface area contributed by atoms with Crippen LogP contribution in [-0.2, 0) is 10.8 Å². The summed E-state index contributed by atoms with van der Waals surface area (Å²) in [5.41, 5.74) is 8.11. The van der Waals surface area contributed by atoms with E-state index >= 15 is 0 Å². The molecule has 2 aromatic rings. The van der Waals surface area contributed by atoms with Gasteiger partial charge >= 0.3 is 0 Å². The number of unbranched alkanes of at least 4 members (excludes halogenated alkanes) is 2. The van der Waals surface area contributed by atoms with Crippen molar-refractivity contribution < 1.29 is 9.47 Å². The molecule has 4 heteroatoms. The highest BCUT2D eigenvalue weighted by Crippen LogP contribution is 2.43. The van der Waals surface area contributed by atoms with E-state index in [9.17, 15) is 0 Å². The van der Waals surface area contributed by atoms with Gasteiger partial charge in [0.15, 0.2) is 0 Å². The Bertz CT molecular complexity index is 935. The van der Waals surface area contributed by atoms with Gasteiger partial charge < -0.3 is 9.47 Å². The zero-order valence-corrected chi connectivity index (χ0v) is 28.7. The van der Waals surface area contributed by atoms with Crippen molar-refractivity contribution in [2.75, 3.05) is 23.9 Å². The maximum atomic E-state index is 6.36. The predicted octanol–water partition coefficient (Wildman–Crippen LogP) is 10.9. The molecule has 38 heavy (non-hydrogen) atoms. The maximum absolute atomic E-state index is 6.36. The van der Waals surface area contributed by atoms with Crippen molar-refractivity contribution >= 4 is 31.9 Å². The molecule has 0 saturated carbocycles. The average Bonchev–Trinajstić information content (AvgIpc) is 2.82. The van der Waals surface area contributed by atoms with Crippen LogP contribution in [0.1, 0.15) is 126 Å². The van der Waals surface area contributed by atoms with E-state index < -0.39 is 0 Å². The Morgan fingerprint density at radius 1 is 0.658 bits per heavy atom. The van der Waals surface area contributed by atoms with Gasteiger partial charge in [0, 0.05) is 16.6 Å². The molecule has 0 N–H and O–H groups in total. The number of hydrogen-bond acceptors (Lipinski definition) is 2. The number of benzene rings is 2. The van der Waals surface area contributed by atoms with Gasteiger partial charge in [0.25, 0.3) is 0 Å². The van der Waals surface area contributed by atoms with Gasteiger partial charge in [0.05, 0.1) is 13.2 Å². The third-order valence-corrected chi connectivity index (χ3v) is 8.37. The van der Waals surface area contributed by atoms with E-state index in [1.54, 1.807) is 0 Å². The highest BCUT2D eigenvalue weighted by Gasteiger charge is 2.27. The zero-order chi connectivity index (χ0) is 28.5. The lowest BCUT2D eigenvalue weighted by molar-refractivity contribution is 0.301. The first-order valence-electron chi connectivity index (χ1n) is 14.5. The van der Waals surface area contributed by atoms with E-state index in [4.69, 9.17) is 9.47 Å². The smallest absolute Gasteiger partial charge is 0.123 e. The van der Waals surface area contributed by atoms with Gasteiger partial charge in [0.2, 0.25) is 0 Å². The van der Waals surface area contributed by atoms with E-state index in [0.717, 1.165) is 73.9 Å². The van der Waals surface area contributed by atoms with Crippen LogP contribution in [0.25, 0.3) is 0 Å². The molecular formula is C34H52Br2O2. The molecule has 2 aromatic carbocycles. The Morgan fingerprint density at radius 3 is 1.37 bits per heavy atom. The van der Waals surface area contributed by atoms with Crippen LogP contribution in [0.3, 0.4) is 0 Å². The lowest BCUT2D eigenvalue weighted by Gasteiger charge is -2.30. The number of rotatable bonds is 14. The van der Waals surface area contributed by atoms with E-state index in [0.29, 0.717) is 5.92 Å². The SMILES string of the molecule is CCCC(c1cc(C(C)(C)C)c(OCCCCBr)cc1C)c1cc(C(C)(C)C)c(OCCCCBr)cc1C. The van der Waals surface area contributed by atoms with Crippen molar-refractivity contribution in [1.29, 1.82) is 0 Å². The minimum atomic E-state index is 0.00239. The van der Waals surface area contributed by atoms with E-state index in [1.165, 1.54) is 33.4 Å². The Balaban J connectivity index is 2.60. The van der Waals surface area contributed by atoms with Gasteiger partial charge in [-0.25, -0.2) is 0 Å². The summed E-state index contributed by atoms with van der Waals surface area (Å²) >= 11 is 7.07. The van der Waals surface area contributed by atoms with Crippen LogP contribution < -0.4 is 9.47 Å². The lowest BCUT2D eigenvalue weighted by atomic mass is 9.76. The van der Waals surface area contributed by atoms with Crippen molar-refractivity contribution in [3.8, 4) is 11.5 Å². The van der Waals surface area contributed by atoms with Crippen LogP contribution in [0.2, 0.25) is 0 Å². The Morgan fingerprint density at radius 2 is 1.05 bits per heavy atom. The summed E-state index contributed by atoms with van der Waals surface area (Å²) in [6.07, 6.45) is 6.64. The summed E-state index contributed by atoms with van der Waals surface area (Å²) in [5, 5.41) is 2.05. The second-order valence-electron chi connectivity index (χ2n) is 12.7. The highest BCUT2D eigenvalue weighted by atomic mass is 79.9. The first-order valence-corrected chi connectivity index (χ1v) is 16.8. The van der Waals surface area contributed by atoms with Crippen molar-refractivity contribution in [3.63, 3.8) is 0 Å². The van der Waals surface area contributed by atoms with Crippen LogP contribution in [-0.4, -0.2) is 23.9 Å². The lowest BCUT2D eigenvalue weighted by Crippen LogP contribution is -2.18. The summed E-state index contributed by atoms with van der Waals surface area (Å²) < 4.78 is 12.7. The van der Waals surface area contributed by atoms with E-state index in [1.807, 2.05) is 0 Å². The topological polar surface area (TPSA) is 18.5 Å². The Kier molecular flexibility index (Phi) is 13.2. The molecule has 0 bridgehead atoms. The largest absolute Gasteiger partial charge is 0.493 e. The third-order valence-electron chi connectivity index (χ3n) is 7.25. The molecule has 0 heterocycles. The van der Waals surface area contributed by atoms with Crippen molar-refractivity contribution in [2.45, 2.75) is 118 Å². The molecule has 0 saturated heterocycles. The van der Waals surface area contributed by atoms with Crippen LogP contribution in [0.4, 0.5) is 0 Å². The first-order chi connectivity index (χ1) is 17.8. The third kappa shape index (κ3) is 9.29. The summed E-state index contributed by atoms with van der Waals surface area (Å²) in [6, 6.07) is 9.51. The minimum absolute atomic E-state index is 0.00239. The molecule has 0 aliphatic carbocycles. The molecule has 0 spiro atoms. The van der Waals surface area contributed by atoms with Gasteiger partial charge in [-0.05, 0) is 102 Å². The van der Waals surface area contributed by atoms with Crippen LogP contribution in [0.5, 0.6) is 11.5 Å². The van der Waals surface area contributed by atoms with E-state index in [-0.39, 0.29) is 10.8 Å². The number of alkyl halides is 2. The van der Waals surface area contributed by atoms with Gasteiger partial charge in [-0.1, -0.05) is 98.9 Å². The molecule has 2 nitrogen and oxygen atoms in total. The molecule has 0 aliphatic rings. The molecular weight excluding hydrogens is 600 g/mol. The number of hydrogen-bond donors (Lipinski definition) is 0. The molecule has 0 unspecified atom stereocenters. The quantitative estimate of drug-likeness (QED) is 0.149. The fourth-order valence-electron chi connectivity index (χ4n) is 5.08. The van der Waals surface area contributed by atoms with Crippen molar-refractivity contribution in [1.82, 2.24) is 0 Å². The first kappa shape index (κ1) is 33.2. The van der Waals surface area contributed by atoms with Crippen molar-refractivity contribution in [2.24, 2.45) is 0 Å². The fourth-order valence-corrected chi connectivity index (χ4v) is 5.88. The molecule has 0 atom stereocenters. The van der Waals surface area contributed by atoms with Crippen LogP contribution >= 0.6 is 31.9 Å². The molecule has 0 aliphatic heterocycles. The van der Waals surface area contributed by atoms with Gasteiger partial charge in [0.1, 0.15) is 11.5 Å². The van der Waals surface area contributed by atoms with Crippen LogP contribution in [0.15, 0.2) is 24.3 Å². The van der Waals surface area contributed by atoms with Gasteiger partial charge in [-0.3, -0.25) is 0 Å². The molecule has 0 aromatic heterocycles. The number of aryl methyl sites for hydroxylation is 2. The fraction of sp³-hybridized carbons (Fsp3) is 0.647. The monoisotopic (exact) mass is 650 g/mol. The van der Waals surface area contributed by atoms with Gasteiger partial charge in [-0.2, -0.15) is 0 Å². The minimum Gasteiger partial charge on any atom is -0.493 e. The van der Waals surface area contributed by atoms with Gasteiger partial charge in [-0.15, -0.1) is 0 Å². The zero-order valence-electron chi connectivity index (χ0n) is 25.5. The molecule has 0 radical (unpaired) electrons. The summed E-state index contributed by atoms with van der Waals surface area (Å²) in [6.45, 7) is 22.1. The second kappa shape index (κ2) is 15.1. The average molecular weight is 653 g/mol. The Hall–Kier alpha value is -1.00. The van der Waals surface area contributed by atoms with E-state index in [2.05, 4.69) is 118 Å². The summed E-state index contributed by atoms with van der Waals surface area (Å²) in [7, 11) is 0. The molecule has 0 fully saturated rings. The predicted molar refractivity (Wildman–Crippen MR) is 174 cm³/mol. The second-order valence-corrected chi connectivity index (χ2v) is 14.3. The van der Waals surface area contributed by atoms with Crippen molar-refractivity contribution in [3.05, 3.63) is 57.6 Å². The number of halogens is 2. The molecule has 2 rings (SSSR count). The normalized spacial score (nSPS) is 12.3. The summed E-state index contributed by atoms with van der Waals surface area (Å²) in [4.78, 5) is 0. The number of ether oxygens (including phenoxy) is 2. The summed E-state index contributed by atoms with van der Waals surface area (Å²) in [5.74, 6) is 2.43. The molecule has 0 amide bonds. The molecule has 214 valence electrons. The standard InChI is InChI=1S/C34H52Br2O2/c1-10-15-26(27-22-29(33(4,5)6)31(20-24(27)2)37-18-13-11-16-35)28-23-30(34(7,8)9)32(21-25(28)3)38-19-14-12-17-36/h20-23,26H,10-19H2,1-9H3.